The average Bonchev–Trinajstić information content (AvgIpc) is 2.49. The zero-order valence-corrected chi connectivity index (χ0v) is 15.3. The highest BCUT2D eigenvalue weighted by molar-refractivity contribution is 9.12. The summed E-state index contributed by atoms with van der Waals surface area (Å²) in [6, 6.07) is 9.62. The summed E-state index contributed by atoms with van der Waals surface area (Å²) in [5, 5.41) is 0.613. The molecule has 1 aliphatic heterocycles. The topological polar surface area (TPSA) is 34.1 Å². The number of halogens is 2. The SMILES string of the molecule is CC1(C)Oc2cc(NS)ccc2C(c2ccc(Cl)cn2)=C1Br. The summed E-state index contributed by atoms with van der Waals surface area (Å²) < 4.78 is 9.90. The molecule has 3 nitrogen and oxygen atoms in total. The molecular formula is C16H14BrClN2OS. The van der Waals surface area contributed by atoms with Crippen LogP contribution in [0.1, 0.15) is 25.1 Å². The maximum atomic E-state index is 6.12. The third-order valence-corrected chi connectivity index (χ3v) is 5.31. The summed E-state index contributed by atoms with van der Waals surface area (Å²) in [6.07, 6.45) is 1.65. The van der Waals surface area contributed by atoms with Crippen molar-refractivity contribution in [3.8, 4) is 5.75 Å². The van der Waals surface area contributed by atoms with Gasteiger partial charge in [0.25, 0.3) is 0 Å². The first-order chi connectivity index (χ1) is 10.4. The highest BCUT2D eigenvalue weighted by Gasteiger charge is 2.34. The van der Waals surface area contributed by atoms with E-state index < -0.39 is 5.60 Å². The number of nitrogens with zero attached hydrogens (tertiary/aromatic N) is 1. The van der Waals surface area contributed by atoms with Crippen LogP contribution in [0.5, 0.6) is 5.75 Å². The number of anilines is 1. The summed E-state index contributed by atoms with van der Waals surface area (Å²) in [5.74, 6) is 0.791. The Labute approximate surface area is 148 Å². The molecule has 0 amide bonds. The highest BCUT2D eigenvalue weighted by Crippen LogP contribution is 2.46. The van der Waals surface area contributed by atoms with Gasteiger partial charge in [-0.3, -0.25) is 4.98 Å². The predicted molar refractivity (Wildman–Crippen MR) is 98.0 cm³/mol. The minimum atomic E-state index is -0.487. The number of hydrogen-bond acceptors (Lipinski definition) is 4. The minimum Gasteiger partial charge on any atom is -0.482 e. The van der Waals surface area contributed by atoms with Crippen LogP contribution in [0.3, 0.4) is 0 Å². The van der Waals surface area contributed by atoms with E-state index in [1.165, 1.54) is 0 Å². The Morgan fingerprint density at radius 2 is 2.05 bits per heavy atom. The first-order valence-electron chi connectivity index (χ1n) is 6.68. The number of hydrogen-bond donors (Lipinski definition) is 2. The summed E-state index contributed by atoms with van der Waals surface area (Å²) in [7, 11) is 0. The Kier molecular flexibility index (Phi) is 4.14. The molecule has 0 aliphatic carbocycles. The van der Waals surface area contributed by atoms with Crippen molar-refractivity contribution >= 4 is 51.6 Å². The quantitative estimate of drug-likeness (QED) is 0.673. The van der Waals surface area contributed by atoms with Crippen LogP contribution in [0, 0.1) is 0 Å². The van der Waals surface area contributed by atoms with Gasteiger partial charge in [0.1, 0.15) is 11.4 Å². The first-order valence-corrected chi connectivity index (χ1v) is 8.30. The Morgan fingerprint density at radius 3 is 2.68 bits per heavy atom. The molecule has 0 saturated carbocycles. The van der Waals surface area contributed by atoms with Crippen molar-refractivity contribution in [1.82, 2.24) is 4.98 Å². The lowest BCUT2D eigenvalue weighted by atomic mass is 9.92. The Morgan fingerprint density at radius 1 is 1.27 bits per heavy atom. The summed E-state index contributed by atoms with van der Waals surface area (Å²) >= 11 is 13.7. The van der Waals surface area contributed by atoms with Crippen LogP contribution in [0.25, 0.3) is 5.57 Å². The fourth-order valence-electron chi connectivity index (χ4n) is 2.40. The molecule has 0 radical (unpaired) electrons. The van der Waals surface area contributed by atoms with E-state index in [0.29, 0.717) is 5.02 Å². The molecular weight excluding hydrogens is 384 g/mol. The van der Waals surface area contributed by atoms with E-state index in [1.807, 2.05) is 44.2 Å². The molecule has 22 heavy (non-hydrogen) atoms. The Hall–Kier alpha value is -1.17. The number of rotatable bonds is 2. The van der Waals surface area contributed by atoms with Gasteiger partial charge in [-0.2, -0.15) is 0 Å². The number of benzene rings is 1. The largest absolute Gasteiger partial charge is 0.482 e. The number of ether oxygens (including phenoxy) is 1. The predicted octanol–water partition coefficient (Wildman–Crippen LogP) is 5.32. The molecule has 1 aromatic carbocycles. The first kappa shape index (κ1) is 15.7. The van der Waals surface area contributed by atoms with Crippen molar-refractivity contribution in [2.75, 3.05) is 4.72 Å². The van der Waals surface area contributed by atoms with E-state index in [0.717, 1.165) is 32.7 Å². The fourth-order valence-corrected chi connectivity index (χ4v) is 3.14. The molecule has 3 rings (SSSR count). The number of thiol groups is 1. The Balaban J connectivity index is 2.23. The van der Waals surface area contributed by atoms with Gasteiger partial charge in [-0.05, 0) is 38.1 Å². The van der Waals surface area contributed by atoms with Crippen LogP contribution < -0.4 is 9.46 Å². The molecule has 2 heterocycles. The monoisotopic (exact) mass is 396 g/mol. The molecule has 0 saturated heterocycles. The standard InChI is InChI=1S/C16H14BrClN2OS/c1-16(2)15(17)14(12-6-3-9(18)8-19-12)11-5-4-10(20-22)7-13(11)21-16/h3-8,20,22H,1-2H3. The van der Waals surface area contributed by atoms with Crippen molar-refractivity contribution in [3.63, 3.8) is 0 Å². The molecule has 0 bridgehead atoms. The van der Waals surface area contributed by atoms with Crippen molar-refractivity contribution in [3.05, 3.63) is 57.3 Å². The van der Waals surface area contributed by atoms with Gasteiger partial charge in [0.2, 0.25) is 0 Å². The maximum Gasteiger partial charge on any atom is 0.135 e. The van der Waals surface area contributed by atoms with Gasteiger partial charge in [-0.25, -0.2) is 0 Å². The van der Waals surface area contributed by atoms with Crippen LogP contribution in [-0.4, -0.2) is 10.6 Å². The molecule has 0 spiro atoms. The summed E-state index contributed by atoms with van der Waals surface area (Å²) in [5.41, 5.74) is 3.22. The van der Waals surface area contributed by atoms with Gasteiger partial charge in [0, 0.05) is 33.6 Å². The van der Waals surface area contributed by atoms with Gasteiger partial charge < -0.3 is 9.46 Å². The van der Waals surface area contributed by atoms with Gasteiger partial charge >= 0.3 is 0 Å². The molecule has 1 aliphatic rings. The molecule has 0 fully saturated rings. The molecule has 0 unspecified atom stereocenters. The van der Waals surface area contributed by atoms with Crippen molar-refractivity contribution in [2.45, 2.75) is 19.4 Å². The van der Waals surface area contributed by atoms with Gasteiger partial charge in [-0.1, -0.05) is 40.3 Å². The number of nitrogens with one attached hydrogen (secondary N) is 1. The number of fused-ring (bicyclic) bond motifs is 1. The summed E-state index contributed by atoms with van der Waals surface area (Å²) in [4.78, 5) is 4.45. The van der Waals surface area contributed by atoms with E-state index >= 15 is 0 Å². The van der Waals surface area contributed by atoms with Crippen LogP contribution in [0.2, 0.25) is 5.02 Å². The second kappa shape index (κ2) is 5.80. The lowest BCUT2D eigenvalue weighted by Crippen LogP contribution is -2.32. The van der Waals surface area contributed by atoms with Crippen molar-refractivity contribution in [1.29, 1.82) is 0 Å². The maximum absolute atomic E-state index is 6.12. The second-order valence-electron chi connectivity index (χ2n) is 5.49. The number of pyridine rings is 1. The third kappa shape index (κ3) is 2.73. The van der Waals surface area contributed by atoms with Crippen LogP contribution in [-0.2, 0) is 0 Å². The van der Waals surface area contributed by atoms with Crippen molar-refractivity contribution in [2.24, 2.45) is 0 Å². The average molecular weight is 398 g/mol. The van der Waals surface area contributed by atoms with Gasteiger partial charge in [-0.15, -0.1) is 0 Å². The molecule has 6 heteroatoms. The zero-order valence-electron chi connectivity index (χ0n) is 12.0. The Bertz CT molecular complexity index is 759. The molecule has 114 valence electrons. The highest BCUT2D eigenvalue weighted by atomic mass is 79.9. The number of aromatic nitrogens is 1. The third-order valence-electron chi connectivity index (χ3n) is 3.48. The van der Waals surface area contributed by atoms with Gasteiger partial charge in [0.05, 0.1) is 10.7 Å². The fraction of sp³-hybridized carbons (Fsp3) is 0.188. The van der Waals surface area contributed by atoms with Crippen LogP contribution in [0.15, 0.2) is 41.0 Å². The van der Waals surface area contributed by atoms with E-state index in [9.17, 15) is 0 Å². The molecule has 1 aromatic heterocycles. The molecule has 0 atom stereocenters. The molecule has 2 aromatic rings. The zero-order chi connectivity index (χ0) is 15.9. The van der Waals surface area contributed by atoms with E-state index in [2.05, 4.69) is 38.5 Å². The van der Waals surface area contributed by atoms with Crippen LogP contribution in [0.4, 0.5) is 5.69 Å². The minimum absolute atomic E-state index is 0.487. The molecule has 1 N–H and O–H groups in total. The summed E-state index contributed by atoms with van der Waals surface area (Å²) in [6.45, 7) is 4.02. The van der Waals surface area contributed by atoms with E-state index in [1.54, 1.807) is 6.20 Å². The smallest absolute Gasteiger partial charge is 0.135 e. The lowest BCUT2D eigenvalue weighted by Gasteiger charge is -2.34. The second-order valence-corrected chi connectivity index (χ2v) is 6.94. The van der Waals surface area contributed by atoms with Crippen molar-refractivity contribution < 1.29 is 4.74 Å². The van der Waals surface area contributed by atoms with E-state index in [4.69, 9.17) is 16.3 Å². The van der Waals surface area contributed by atoms with Crippen LogP contribution >= 0.6 is 40.3 Å². The van der Waals surface area contributed by atoms with Gasteiger partial charge in [0.15, 0.2) is 0 Å². The normalized spacial score (nSPS) is 16.0. The lowest BCUT2D eigenvalue weighted by molar-refractivity contribution is 0.155. The van der Waals surface area contributed by atoms with E-state index in [-0.39, 0.29) is 0 Å².